The molecule has 2 heteroatoms. The second-order valence-electron chi connectivity index (χ2n) is 4.35. The Labute approximate surface area is 93.4 Å². The SMILES string of the molecule is OC1CCC(c2cccc3ccsc23)C1. The van der Waals surface area contributed by atoms with Crippen LogP contribution in [0, 0.1) is 0 Å². The molecule has 2 atom stereocenters. The minimum absolute atomic E-state index is 0.0785. The molecule has 0 bridgehead atoms. The van der Waals surface area contributed by atoms with E-state index in [4.69, 9.17) is 0 Å². The van der Waals surface area contributed by atoms with Crippen LogP contribution < -0.4 is 0 Å². The molecule has 1 nitrogen and oxygen atoms in total. The van der Waals surface area contributed by atoms with Gasteiger partial charge in [0.15, 0.2) is 0 Å². The summed E-state index contributed by atoms with van der Waals surface area (Å²) >= 11 is 1.82. The zero-order chi connectivity index (χ0) is 10.3. The molecular formula is C13H14OS. The number of aliphatic hydroxyl groups excluding tert-OH is 1. The number of thiophene rings is 1. The lowest BCUT2D eigenvalue weighted by Crippen LogP contribution is -1.99. The average Bonchev–Trinajstić information content (AvgIpc) is 2.84. The van der Waals surface area contributed by atoms with E-state index < -0.39 is 0 Å². The Morgan fingerprint density at radius 2 is 2.13 bits per heavy atom. The van der Waals surface area contributed by atoms with Gasteiger partial charge in [0.2, 0.25) is 0 Å². The van der Waals surface area contributed by atoms with Crippen LogP contribution in [-0.2, 0) is 0 Å². The van der Waals surface area contributed by atoms with E-state index in [1.165, 1.54) is 15.6 Å². The summed E-state index contributed by atoms with van der Waals surface area (Å²) in [5.74, 6) is 0.572. The fourth-order valence-electron chi connectivity index (χ4n) is 2.58. The van der Waals surface area contributed by atoms with Gasteiger partial charge in [-0.15, -0.1) is 11.3 Å². The number of hydrogen-bond acceptors (Lipinski definition) is 2. The second-order valence-corrected chi connectivity index (χ2v) is 5.27. The Kier molecular flexibility index (Phi) is 2.26. The molecule has 78 valence electrons. The van der Waals surface area contributed by atoms with Crippen molar-refractivity contribution in [3.05, 3.63) is 35.2 Å². The largest absolute Gasteiger partial charge is 0.393 e. The summed E-state index contributed by atoms with van der Waals surface area (Å²) in [7, 11) is 0. The van der Waals surface area contributed by atoms with Crippen molar-refractivity contribution in [3.8, 4) is 0 Å². The molecule has 2 unspecified atom stereocenters. The van der Waals surface area contributed by atoms with Gasteiger partial charge >= 0.3 is 0 Å². The fourth-order valence-corrected chi connectivity index (χ4v) is 3.57. The average molecular weight is 218 g/mol. The van der Waals surface area contributed by atoms with Gasteiger partial charge in [0, 0.05) is 4.70 Å². The minimum atomic E-state index is -0.0785. The van der Waals surface area contributed by atoms with Crippen LogP contribution in [0.5, 0.6) is 0 Å². The quantitative estimate of drug-likeness (QED) is 0.776. The van der Waals surface area contributed by atoms with E-state index in [-0.39, 0.29) is 6.10 Å². The van der Waals surface area contributed by atoms with Crippen molar-refractivity contribution in [1.29, 1.82) is 0 Å². The maximum absolute atomic E-state index is 9.59. The van der Waals surface area contributed by atoms with Crippen LogP contribution in [0.2, 0.25) is 0 Å². The predicted octanol–water partition coefficient (Wildman–Crippen LogP) is 3.53. The first-order valence-electron chi connectivity index (χ1n) is 5.49. The molecule has 1 aromatic carbocycles. The topological polar surface area (TPSA) is 20.2 Å². The zero-order valence-electron chi connectivity index (χ0n) is 8.52. The molecule has 0 aliphatic heterocycles. The van der Waals surface area contributed by atoms with Crippen LogP contribution >= 0.6 is 11.3 Å². The maximum Gasteiger partial charge on any atom is 0.0546 e. The molecule has 0 spiro atoms. The van der Waals surface area contributed by atoms with Crippen LogP contribution in [-0.4, -0.2) is 11.2 Å². The lowest BCUT2D eigenvalue weighted by atomic mass is 9.96. The van der Waals surface area contributed by atoms with E-state index >= 15 is 0 Å². The molecule has 0 radical (unpaired) electrons. The van der Waals surface area contributed by atoms with Crippen molar-refractivity contribution in [1.82, 2.24) is 0 Å². The van der Waals surface area contributed by atoms with Gasteiger partial charge in [-0.25, -0.2) is 0 Å². The van der Waals surface area contributed by atoms with Crippen LogP contribution in [0.4, 0.5) is 0 Å². The third-order valence-electron chi connectivity index (χ3n) is 3.35. The molecule has 0 saturated heterocycles. The molecule has 0 amide bonds. The second kappa shape index (κ2) is 3.62. The zero-order valence-corrected chi connectivity index (χ0v) is 9.33. The summed E-state index contributed by atoms with van der Waals surface area (Å²) in [6, 6.07) is 8.70. The first kappa shape index (κ1) is 9.37. The number of aliphatic hydroxyl groups is 1. The Balaban J connectivity index is 2.06. The van der Waals surface area contributed by atoms with Gasteiger partial charge in [-0.3, -0.25) is 0 Å². The van der Waals surface area contributed by atoms with Crippen molar-refractivity contribution in [3.63, 3.8) is 0 Å². The van der Waals surface area contributed by atoms with E-state index in [1.807, 2.05) is 11.3 Å². The molecule has 2 aromatic rings. The molecule has 1 saturated carbocycles. The summed E-state index contributed by atoms with van der Waals surface area (Å²) in [4.78, 5) is 0. The van der Waals surface area contributed by atoms with Crippen LogP contribution in [0.3, 0.4) is 0 Å². The van der Waals surface area contributed by atoms with Crippen LogP contribution in [0.1, 0.15) is 30.7 Å². The highest BCUT2D eigenvalue weighted by molar-refractivity contribution is 7.17. The number of fused-ring (bicyclic) bond motifs is 1. The van der Waals surface area contributed by atoms with E-state index in [2.05, 4.69) is 29.6 Å². The molecule has 1 N–H and O–H groups in total. The van der Waals surface area contributed by atoms with Crippen molar-refractivity contribution in [2.45, 2.75) is 31.3 Å². The highest BCUT2D eigenvalue weighted by Crippen LogP contribution is 2.39. The highest BCUT2D eigenvalue weighted by atomic mass is 32.1. The molecule has 1 aromatic heterocycles. The van der Waals surface area contributed by atoms with Gasteiger partial charge in [0.25, 0.3) is 0 Å². The molecule has 1 aliphatic rings. The molecular weight excluding hydrogens is 204 g/mol. The first-order valence-corrected chi connectivity index (χ1v) is 6.37. The maximum atomic E-state index is 9.59. The minimum Gasteiger partial charge on any atom is -0.393 e. The Morgan fingerprint density at radius 3 is 2.93 bits per heavy atom. The van der Waals surface area contributed by atoms with Crippen molar-refractivity contribution in [2.24, 2.45) is 0 Å². The third kappa shape index (κ3) is 1.58. The molecule has 1 heterocycles. The van der Waals surface area contributed by atoms with Gasteiger partial charge in [-0.1, -0.05) is 18.2 Å². The standard InChI is InChI=1S/C13H14OS/c14-11-5-4-10(8-11)12-3-1-2-9-6-7-15-13(9)12/h1-3,6-7,10-11,14H,4-5,8H2. The number of hydrogen-bond donors (Lipinski definition) is 1. The van der Waals surface area contributed by atoms with Crippen LogP contribution in [0.15, 0.2) is 29.6 Å². The number of rotatable bonds is 1. The van der Waals surface area contributed by atoms with Crippen LogP contribution in [0.25, 0.3) is 10.1 Å². The first-order chi connectivity index (χ1) is 7.34. The summed E-state index contributed by atoms with van der Waals surface area (Å²) in [5.41, 5.74) is 1.44. The van der Waals surface area contributed by atoms with E-state index in [1.54, 1.807) is 0 Å². The van der Waals surface area contributed by atoms with Gasteiger partial charge in [-0.2, -0.15) is 0 Å². The highest BCUT2D eigenvalue weighted by Gasteiger charge is 2.25. The molecule has 1 fully saturated rings. The fraction of sp³-hybridized carbons (Fsp3) is 0.385. The third-order valence-corrected chi connectivity index (χ3v) is 4.33. The molecule has 1 aliphatic carbocycles. The van der Waals surface area contributed by atoms with E-state index in [0.717, 1.165) is 19.3 Å². The lowest BCUT2D eigenvalue weighted by Gasteiger charge is -2.10. The van der Waals surface area contributed by atoms with E-state index in [0.29, 0.717) is 5.92 Å². The Morgan fingerprint density at radius 1 is 1.20 bits per heavy atom. The monoisotopic (exact) mass is 218 g/mol. The summed E-state index contributed by atoms with van der Waals surface area (Å²) < 4.78 is 1.41. The van der Waals surface area contributed by atoms with Gasteiger partial charge < -0.3 is 5.11 Å². The summed E-state index contributed by atoms with van der Waals surface area (Å²) in [5, 5.41) is 13.1. The summed E-state index contributed by atoms with van der Waals surface area (Å²) in [6.07, 6.45) is 2.96. The Hall–Kier alpha value is -0.860. The van der Waals surface area contributed by atoms with Gasteiger partial charge in [0.1, 0.15) is 0 Å². The normalized spacial score (nSPS) is 26.2. The van der Waals surface area contributed by atoms with Gasteiger partial charge in [0.05, 0.1) is 6.10 Å². The van der Waals surface area contributed by atoms with Gasteiger partial charge in [-0.05, 0) is 47.6 Å². The summed E-state index contributed by atoms with van der Waals surface area (Å²) in [6.45, 7) is 0. The van der Waals surface area contributed by atoms with Crippen molar-refractivity contribution in [2.75, 3.05) is 0 Å². The Bertz CT molecular complexity index is 474. The lowest BCUT2D eigenvalue weighted by molar-refractivity contribution is 0.181. The molecule has 15 heavy (non-hydrogen) atoms. The predicted molar refractivity (Wildman–Crippen MR) is 64.4 cm³/mol. The van der Waals surface area contributed by atoms with Crippen molar-refractivity contribution < 1.29 is 5.11 Å². The molecule has 3 rings (SSSR count). The van der Waals surface area contributed by atoms with E-state index in [9.17, 15) is 5.11 Å². The smallest absolute Gasteiger partial charge is 0.0546 e. The number of benzene rings is 1. The van der Waals surface area contributed by atoms with Crippen molar-refractivity contribution >= 4 is 21.4 Å².